The van der Waals surface area contributed by atoms with E-state index in [4.69, 9.17) is 22.1 Å². The van der Waals surface area contributed by atoms with E-state index in [-0.39, 0.29) is 0 Å². The van der Waals surface area contributed by atoms with Gasteiger partial charge in [0.2, 0.25) is 0 Å². The van der Waals surface area contributed by atoms with Gasteiger partial charge in [0.15, 0.2) is 0 Å². The van der Waals surface area contributed by atoms with Crippen LogP contribution in [0.5, 0.6) is 0 Å². The Hall–Kier alpha value is -1.07. The largest absolute Gasteiger partial charge is 0.382 e. The third-order valence-electron chi connectivity index (χ3n) is 2.03. The molecule has 0 spiro atoms. The molecule has 0 saturated heterocycles. The number of nitrogens with one attached hydrogen (secondary N) is 1. The third kappa shape index (κ3) is 5.19. The van der Waals surface area contributed by atoms with Gasteiger partial charge in [0.05, 0.1) is 0 Å². The molecule has 0 unspecified atom stereocenters. The van der Waals surface area contributed by atoms with Gasteiger partial charge in [-0.05, 0) is 12.3 Å². The third-order valence-corrected chi connectivity index (χ3v) is 2.40. The van der Waals surface area contributed by atoms with Crippen molar-refractivity contribution in [2.24, 2.45) is 5.92 Å². The molecule has 0 fully saturated rings. The van der Waals surface area contributed by atoms with E-state index in [9.17, 15) is 0 Å². The van der Waals surface area contributed by atoms with Crippen LogP contribution >= 0.6 is 11.6 Å². The lowest BCUT2D eigenvalue weighted by Gasteiger charge is -2.09. The fraction of sp³-hybridized carbons (Fsp3) is 0.636. The van der Waals surface area contributed by atoms with Crippen molar-refractivity contribution >= 4 is 23.2 Å². The highest BCUT2D eigenvalue weighted by atomic mass is 35.5. The summed E-state index contributed by atoms with van der Waals surface area (Å²) in [5, 5.41) is 3.47. The lowest BCUT2D eigenvalue weighted by molar-refractivity contribution is 0.110. The highest BCUT2D eigenvalue weighted by Crippen LogP contribution is 2.22. The van der Waals surface area contributed by atoms with Gasteiger partial charge < -0.3 is 15.8 Å². The molecule has 0 amide bonds. The van der Waals surface area contributed by atoms with Crippen molar-refractivity contribution < 1.29 is 4.74 Å². The summed E-state index contributed by atoms with van der Waals surface area (Å²) in [4.78, 5) is 7.80. The van der Waals surface area contributed by atoms with E-state index >= 15 is 0 Å². The summed E-state index contributed by atoms with van der Waals surface area (Å²) in [7, 11) is 0. The first kappa shape index (κ1) is 14.0. The second-order valence-electron chi connectivity index (χ2n) is 4.17. The van der Waals surface area contributed by atoms with Gasteiger partial charge in [0, 0.05) is 19.8 Å². The Balaban J connectivity index is 2.20. The molecule has 0 radical (unpaired) electrons. The monoisotopic (exact) mass is 258 g/mol. The van der Waals surface area contributed by atoms with Crippen molar-refractivity contribution in [3.63, 3.8) is 0 Å². The maximum atomic E-state index is 5.93. The average molecular weight is 259 g/mol. The zero-order chi connectivity index (χ0) is 12.7. The molecule has 0 atom stereocenters. The first-order valence-electron chi connectivity index (χ1n) is 5.69. The van der Waals surface area contributed by atoms with Crippen LogP contribution in [0.25, 0.3) is 0 Å². The molecule has 1 aromatic rings. The van der Waals surface area contributed by atoms with Crippen molar-refractivity contribution in [2.45, 2.75) is 20.3 Å². The zero-order valence-electron chi connectivity index (χ0n) is 10.2. The standard InChI is InChI=1S/C11H19ClN4O/c1-8(2)6-17-5-3-4-14-11-9(12)10(13)15-7-16-11/h7-8H,3-6H2,1-2H3,(H3,13,14,15,16). The van der Waals surface area contributed by atoms with Crippen molar-refractivity contribution in [3.05, 3.63) is 11.3 Å². The average Bonchev–Trinajstić information content (AvgIpc) is 2.28. The van der Waals surface area contributed by atoms with Crippen molar-refractivity contribution in [1.82, 2.24) is 9.97 Å². The predicted octanol–water partition coefficient (Wildman–Crippen LogP) is 2.19. The zero-order valence-corrected chi connectivity index (χ0v) is 11.0. The summed E-state index contributed by atoms with van der Waals surface area (Å²) in [6, 6.07) is 0. The lowest BCUT2D eigenvalue weighted by Crippen LogP contribution is -2.10. The first-order chi connectivity index (χ1) is 8.11. The fourth-order valence-corrected chi connectivity index (χ4v) is 1.37. The number of ether oxygens (including phenoxy) is 1. The number of hydrogen-bond acceptors (Lipinski definition) is 5. The van der Waals surface area contributed by atoms with Gasteiger partial charge in [-0.2, -0.15) is 0 Å². The molecule has 0 aliphatic heterocycles. The van der Waals surface area contributed by atoms with Gasteiger partial charge in [-0.25, -0.2) is 9.97 Å². The molecule has 5 nitrogen and oxygen atoms in total. The highest BCUT2D eigenvalue weighted by molar-refractivity contribution is 6.35. The summed E-state index contributed by atoms with van der Waals surface area (Å²) in [6.07, 6.45) is 2.28. The van der Waals surface area contributed by atoms with Crippen LogP contribution in [0.4, 0.5) is 11.6 Å². The number of nitrogen functional groups attached to an aromatic ring is 1. The normalized spacial score (nSPS) is 10.8. The fourth-order valence-electron chi connectivity index (χ4n) is 1.21. The lowest BCUT2D eigenvalue weighted by atomic mass is 10.2. The topological polar surface area (TPSA) is 73.1 Å². The van der Waals surface area contributed by atoms with E-state index < -0.39 is 0 Å². The van der Waals surface area contributed by atoms with Crippen LogP contribution in [0.2, 0.25) is 5.02 Å². The van der Waals surface area contributed by atoms with Crippen molar-refractivity contribution in [3.8, 4) is 0 Å². The summed E-state index contributed by atoms with van der Waals surface area (Å²) < 4.78 is 5.46. The molecule has 0 aliphatic carbocycles. The van der Waals surface area contributed by atoms with Gasteiger partial charge in [0.25, 0.3) is 0 Å². The summed E-state index contributed by atoms with van der Waals surface area (Å²) in [5.41, 5.74) is 5.56. The molecule has 1 heterocycles. The molecule has 1 rings (SSSR count). The minimum atomic E-state index is 0.292. The van der Waals surface area contributed by atoms with Crippen molar-refractivity contribution in [2.75, 3.05) is 30.8 Å². The van der Waals surface area contributed by atoms with Crippen LogP contribution in [-0.4, -0.2) is 29.7 Å². The summed E-state index contributed by atoms with van der Waals surface area (Å²) in [5.74, 6) is 1.43. The smallest absolute Gasteiger partial charge is 0.150 e. The molecule has 0 saturated carbocycles. The molecule has 17 heavy (non-hydrogen) atoms. The van der Waals surface area contributed by atoms with Gasteiger partial charge >= 0.3 is 0 Å². The van der Waals surface area contributed by atoms with E-state index in [0.29, 0.717) is 22.6 Å². The number of halogens is 1. The number of nitrogens with zero attached hydrogens (tertiary/aromatic N) is 2. The number of aromatic nitrogens is 2. The van der Waals surface area contributed by atoms with Crippen LogP contribution < -0.4 is 11.1 Å². The quantitative estimate of drug-likeness (QED) is 0.734. The highest BCUT2D eigenvalue weighted by Gasteiger charge is 2.04. The number of anilines is 2. The van der Waals surface area contributed by atoms with Crippen LogP contribution in [-0.2, 0) is 4.74 Å². The molecular weight excluding hydrogens is 240 g/mol. The molecule has 3 N–H and O–H groups in total. The second-order valence-corrected chi connectivity index (χ2v) is 4.55. The van der Waals surface area contributed by atoms with Gasteiger partial charge in [0.1, 0.15) is 23.0 Å². The van der Waals surface area contributed by atoms with Crippen LogP contribution in [0.15, 0.2) is 6.33 Å². The minimum Gasteiger partial charge on any atom is -0.382 e. The van der Waals surface area contributed by atoms with Crippen LogP contribution in [0.1, 0.15) is 20.3 Å². The van der Waals surface area contributed by atoms with Crippen LogP contribution in [0.3, 0.4) is 0 Å². The summed E-state index contributed by atoms with van der Waals surface area (Å²) >= 11 is 5.93. The number of rotatable bonds is 7. The van der Waals surface area contributed by atoms with E-state index in [1.54, 1.807) is 0 Å². The predicted molar refractivity (Wildman–Crippen MR) is 70.2 cm³/mol. The van der Waals surface area contributed by atoms with Crippen molar-refractivity contribution in [1.29, 1.82) is 0 Å². The molecule has 0 aromatic carbocycles. The second kappa shape index (κ2) is 7.29. The molecule has 1 aromatic heterocycles. The molecule has 96 valence electrons. The number of hydrogen-bond donors (Lipinski definition) is 2. The van der Waals surface area contributed by atoms with E-state index in [2.05, 4.69) is 29.1 Å². The summed E-state index contributed by atoms with van der Waals surface area (Å²) in [6.45, 7) is 6.52. The van der Waals surface area contributed by atoms with Gasteiger partial charge in [-0.3, -0.25) is 0 Å². The Labute approximate surface area is 107 Å². The van der Waals surface area contributed by atoms with Crippen LogP contribution in [0, 0.1) is 5.92 Å². The molecule has 6 heteroatoms. The Bertz CT molecular complexity index is 346. The Morgan fingerprint density at radius 1 is 1.47 bits per heavy atom. The Morgan fingerprint density at radius 2 is 2.24 bits per heavy atom. The van der Waals surface area contributed by atoms with E-state index in [1.807, 2.05) is 0 Å². The number of nitrogens with two attached hydrogens (primary N) is 1. The minimum absolute atomic E-state index is 0.292. The van der Waals surface area contributed by atoms with Gasteiger partial charge in [-0.15, -0.1) is 0 Å². The van der Waals surface area contributed by atoms with E-state index in [0.717, 1.165) is 26.2 Å². The molecular formula is C11H19ClN4O. The molecule has 0 bridgehead atoms. The maximum absolute atomic E-state index is 5.93. The molecule has 0 aliphatic rings. The Morgan fingerprint density at radius 3 is 2.94 bits per heavy atom. The van der Waals surface area contributed by atoms with Gasteiger partial charge in [-0.1, -0.05) is 25.4 Å². The van der Waals surface area contributed by atoms with E-state index in [1.165, 1.54) is 6.33 Å². The SMILES string of the molecule is CC(C)COCCCNc1ncnc(N)c1Cl. The maximum Gasteiger partial charge on any atom is 0.150 e. The Kier molecular flexibility index (Phi) is 6.00. The first-order valence-corrected chi connectivity index (χ1v) is 6.06.